The number of morpholine rings is 1. The van der Waals surface area contributed by atoms with E-state index in [0.717, 1.165) is 16.7 Å². The topological polar surface area (TPSA) is 77.4 Å². The fraction of sp³-hybridized carbons (Fsp3) is 0.250. The Morgan fingerprint density at radius 2 is 1.79 bits per heavy atom. The van der Waals surface area contributed by atoms with Gasteiger partial charge in [0.2, 0.25) is 5.04 Å². The molecule has 9 heteroatoms. The van der Waals surface area contributed by atoms with Gasteiger partial charge in [-0.1, -0.05) is 35.1 Å². The Morgan fingerprint density at radius 3 is 2.41 bits per heavy atom. The summed E-state index contributed by atoms with van der Waals surface area (Å²) < 4.78 is 28.6. The smallest absolute Gasteiger partial charge is 0.283 e. The van der Waals surface area contributed by atoms with Crippen molar-refractivity contribution >= 4 is 38.4 Å². The highest BCUT2D eigenvalue weighted by Gasteiger charge is 2.24. The first-order chi connectivity index (χ1) is 14.0. The van der Waals surface area contributed by atoms with E-state index in [9.17, 15) is 9.00 Å². The molecule has 2 aromatic rings. The summed E-state index contributed by atoms with van der Waals surface area (Å²) in [4.78, 5) is 15.8. The molecule has 1 heterocycles. The zero-order valence-electron chi connectivity index (χ0n) is 16.0. The predicted molar refractivity (Wildman–Crippen MR) is 115 cm³/mol. The number of amides is 1. The van der Waals surface area contributed by atoms with E-state index in [1.54, 1.807) is 36.3 Å². The molecule has 0 aliphatic carbocycles. The molecule has 1 saturated heterocycles. The zero-order chi connectivity index (χ0) is 20.7. The summed E-state index contributed by atoms with van der Waals surface area (Å²) >= 11 is 1.15. The molecule has 1 unspecified atom stereocenters. The average molecular weight is 435 g/mol. The van der Waals surface area contributed by atoms with Crippen LogP contribution in [0.5, 0.6) is 5.75 Å². The van der Waals surface area contributed by atoms with Gasteiger partial charge in [-0.25, -0.2) is 4.21 Å². The van der Waals surface area contributed by atoms with Gasteiger partial charge in [-0.2, -0.15) is 0 Å². The lowest BCUT2D eigenvalue weighted by molar-refractivity contribution is -0.127. The number of hydrogen-bond donors (Lipinski definition) is 0. The molecule has 7 nitrogen and oxygen atoms in total. The number of hydrogen-bond acceptors (Lipinski definition) is 7. The molecule has 1 amide bonds. The maximum absolute atomic E-state index is 12.9. The van der Waals surface area contributed by atoms with E-state index < -0.39 is 9.80 Å². The number of oxime groups is 1. The summed E-state index contributed by atoms with van der Waals surface area (Å²) in [6, 6.07) is 15.8. The maximum atomic E-state index is 12.9. The van der Waals surface area contributed by atoms with Crippen molar-refractivity contribution in [3.8, 4) is 5.75 Å². The molecule has 0 radical (unpaired) electrons. The second-order valence-corrected chi connectivity index (χ2v) is 8.99. The highest BCUT2D eigenvalue weighted by molar-refractivity contribution is 8.15. The van der Waals surface area contributed by atoms with Crippen molar-refractivity contribution in [3.63, 3.8) is 0 Å². The van der Waals surface area contributed by atoms with E-state index in [1.807, 2.05) is 30.3 Å². The van der Waals surface area contributed by atoms with Crippen LogP contribution >= 0.6 is 11.8 Å². The first-order valence-corrected chi connectivity index (χ1v) is 11.3. The van der Waals surface area contributed by atoms with Crippen molar-refractivity contribution in [2.75, 3.05) is 33.4 Å². The van der Waals surface area contributed by atoms with Crippen molar-refractivity contribution in [2.45, 2.75) is 9.79 Å². The lowest BCUT2D eigenvalue weighted by atomic mass is 10.3. The summed E-state index contributed by atoms with van der Waals surface area (Å²) in [5.74, 6) is 3.97. The number of benzene rings is 2. The van der Waals surface area contributed by atoms with Gasteiger partial charge in [-0.05, 0) is 42.3 Å². The molecule has 1 atom stereocenters. The fourth-order valence-electron chi connectivity index (χ4n) is 2.52. The van der Waals surface area contributed by atoms with Gasteiger partial charge < -0.3 is 14.4 Å². The maximum Gasteiger partial charge on any atom is 0.283 e. The van der Waals surface area contributed by atoms with Crippen LogP contribution in [0.2, 0.25) is 0 Å². The van der Waals surface area contributed by atoms with Crippen LogP contribution in [0.15, 0.2) is 69.5 Å². The molecule has 2 aromatic carbocycles. The summed E-state index contributed by atoms with van der Waals surface area (Å²) in [6.07, 6.45) is 0. The monoisotopic (exact) mass is 434 g/mol. The Balaban J connectivity index is 1.83. The Bertz CT molecular complexity index is 954. The molecule has 0 saturated carbocycles. The van der Waals surface area contributed by atoms with Crippen LogP contribution in [0.1, 0.15) is 0 Å². The van der Waals surface area contributed by atoms with Gasteiger partial charge in [0.15, 0.2) is 9.80 Å². The number of ether oxygens (including phenoxy) is 2. The molecule has 1 aliphatic rings. The normalized spacial score (nSPS) is 16.7. The lowest BCUT2D eigenvalue weighted by Gasteiger charge is -2.26. The van der Waals surface area contributed by atoms with Gasteiger partial charge >= 0.3 is 0 Å². The largest absolute Gasteiger partial charge is 0.497 e. The summed E-state index contributed by atoms with van der Waals surface area (Å²) in [7, 11) is -1.65. The van der Waals surface area contributed by atoms with Crippen LogP contribution < -0.4 is 4.74 Å². The SMILES string of the molecule is C=S(=O)(O/N=C(\Sc1ccccc1)C(=O)N1CCOCC1)c1ccc(OC)cc1. The zero-order valence-corrected chi connectivity index (χ0v) is 17.6. The molecule has 1 aliphatic heterocycles. The minimum Gasteiger partial charge on any atom is -0.497 e. The minimum atomic E-state index is -3.19. The fourth-order valence-corrected chi connectivity index (χ4v) is 4.21. The Hall–Kier alpha value is -2.49. The average Bonchev–Trinajstić information content (AvgIpc) is 2.77. The highest BCUT2D eigenvalue weighted by Crippen LogP contribution is 2.23. The minimum absolute atomic E-state index is 0.0861. The van der Waals surface area contributed by atoms with Crippen LogP contribution in [-0.2, 0) is 23.6 Å². The first-order valence-electron chi connectivity index (χ1n) is 8.87. The molecular formula is C20H22N2O5S2. The van der Waals surface area contributed by atoms with Crippen molar-refractivity contribution in [1.82, 2.24) is 4.90 Å². The Labute approximate surface area is 174 Å². The van der Waals surface area contributed by atoms with Crippen LogP contribution in [-0.4, -0.2) is 59.3 Å². The van der Waals surface area contributed by atoms with Gasteiger partial charge in [-0.3, -0.25) is 9.08 Å². The molecule has 29 heavy (non-hydrogen) atoms. The molecule has 0 bridgehead atoms. The molecule has 1 fully saturated rings. The first kappa shape index (κ1) is 21.2. The second kappa shape index (κ2) is 9.82. The van der Waals surface area contributed by atoms with Gasteiger partial charge in [-0.15, -0.1) is 0 Å². The Kier molecular flexibility index (Phi) is 7.18. The number of carbonyl (C=O) groups is 1. The third kappa shape index (κ3) is 5.75. The number of thioether (sulfide) groups is 1. The molecule has 3 rings (SSSR count). The Morgan fingerprint density at radius 1 is 1.14 bits per heavy atom. The summed E-state index contributed by atoms with van der Waals surface area (Å²) in [6.45, 7) is 1.86. The second-order valence-electron chi connectivity index (χ2n) is 6.08. The van der Waals surface area contributed by atoms with E-state index in [2.05, 4.69) is 11.0 Å². The quantitative estimate of drug-likeness (QED) is 0.237. The highest BCUT2D eigenvalue weighted by atomic mass is 32.2. The van der Waals surface area contributed by atoms with Crippen molar-refractivity contribution in [2.24, 2.45) is 5.16 Å². The predicted octanol–water partition coefficient (Wildman–Crippen LogP) is 2.67. The van der Waals surface area contributed by atoms with E-state index in [4.69, 9.17) is 13.8 Å². The van der Waals surface area contributed by atoms with Crippen molar-refractivity contribution < 1.29 is 22.8 Å². The third-order valence-corrected chi connectivity index (χ3v) is 6.35. The van der Waals surface area contributed by atoms with Crippen molar-refractivity contribution in [1.29, 1.82) is 0 Å². The van der Waals surface area contributed by atoms with Gasteiger partial charge in [0.25, 0.3) is 5.91 Å². The van der Waals surface area contributed by atoms with Gasteiger partial charge in [0.1, 0.15) is 5.75 Å². The standard InChI is InChI=1S/C20H22N2O5S2/c1-25-16-8-10-18(11-9-16)29(2,24)27-21-19(28-17-6-4-3-5-7-17)20(23)22-12-14-26-15-13-22/h3-11H,2,12-15H2,1H3/b21-19-. The van der Waals surface area contributed by atoms with Crippen LogP contribution in [0.4, 0.5) is 0 Å². The molecule has 0 spiro atoms. The van der Waals surface area contributed by atoms with Gasteiger partial charge in [0, 0.05) is 18.0 Å². The molecule has 0 N–H and O–H groups in total. The van der Waals surface area contributed by atoms with Crippen LogP contribution in [0.3, 0.4) is 0 Å². The number of rotatable bonds is 5. The van der Waals surface area contributed by atoms with E-state index in [1.165, 1.54) is 0 Å². The lowest BCUT2D eigenvalue weighted by Crippen LogP contribution is -2.43. The number of carbonyl (C=O) groups excluding carboxylic acids is 1. The van der Waals surface area contributed by atoms with Crippen LogP contribution in [0.25, 0.3) is 0 Å². The van der Waals surface area contributed by atoms with Gasteiger partial charge in [0.05, 0.1) is 25.2 Å². The summed E-state index contributed by atoms with van der Waals surface area (Å²) in [5, 5.41) is 4.05. The third-order valence-electron chi connectivity index (χ3n) is 4.10. The molecular weight excluding hydrogens is 412 g/mol. The van der Waals surface area contributed by atoms with E-state index >= 15 is 0 Å². The molecule has 154 valence electrons. The van der Waals surface area contributed by atoms with Crippen LogP contribution in [0, 0.1) is 0 Å². The van der Waals surface area contributed by atoms with E-state index in [-0.39, 0.29) is 11.0 Å². The number of nitrogens with zero attached hydrogens (tertiary/aromatic N) is 2. The van der Waals surface area contributed by atoms with E-state index in [0.29, 0.717) is 36.9 Å². The van der Waals surface area contributed by atoms with Crippen molar-refractivity contribution in [3.05, 3.63) is 54.6 Å². The summed E-state index contributed by atoms with van der Waals surface area (Å²) in [5.41, 5.74) is 0. The molecule has 0 aromatic heterocycles. The number of methoxy groups -OCH3 is 1.